The van der Waals surface area contributed by atoms with Crippen LogP contribution in [0, 0.1) is 6.92 Å². The van der Waals surface area contributed by atoms with Gasteiger partial charge in [-0.1, -0.05) is 153 Å². The summed E-state index contributed by atoms with van der Waals surface area (Å²) >= 11 is 0. The SMILES string of the molecule is CC.CS(=O)(=O)O.Cc1ccc(-c2ccc(N3C(=O)c4ccc5c6c(ccc(c46)C3=O)C(=O)N(C)C5=O)c(OCC(c3ccccc3)c3ccccc3)c2)cc1OCC(c1ccccc1)c1ccccc1. The Kier molecular flexibility index (Phi) is 14.7. The maximum atomic E-state index is 14.7. The highest BCUT2D eigenvalue weighted by molar-refractivity contribution is 7.85. The molecule has 358 valence electrons. The second-order valence-corrected chi connectivity index (χ2v) is 18.4. The number of imide groups is 2. The number of benzene rings is 8. The molecule has 8 aromatic rings. The van der Waals surface area contributed by atoms with Crippen molar-refractivity contribution in [2.45, 2.75) is 32.6 Å². The summed E-state index contributed by atoms with van der Waals surface area (Å²) in [6.07, 6.45) is 0.715. The monoisotopic (exact) mass is 964 g/mol. The van der Waals surface area contributed by atoms with Crippen LogP contribution >= 0.6 is 0 Å². The van der Waals surface area contributed by atoms with E-state index in [1.807, 2.05) is 124 Å². The normalized spacial score (nSPS) is 12.9. The third-order valence-electron chi connectivity index (χ3n) is 12.4. The first kappa shape index (κ1) is 49.2. The van der Waals surface area contributed by atoms with Crippen molar-refractivity contribution in [2.75, 3.05) is 31.4 Å². The van der Waals surface area contributed by atoms with Crippen molar-refractivity contribution in [3.05, 3.63) is 232 Å². The van der Waals surface area contributed by atoms with Gasteiger partial charge in [0.25, 0.3) is 33.7 Å². The van der Waals surface area contributed by atoms with E-state index < -0.39 is 33.7 Å². The Balaban J connectivity index is 0.000000910. The summed E-state index contributed by atoms with van der Waals surface area (Å²) in [6.45, 7) is 6.64. The second kappa shape index (κ2) is 21.2. The Bertz CT molecular complexity index is 3230. The fraction of sp³-hybridized carbons (Fsp3) is 0.153. The molecule has 1 N–H and O–H groups in total. The molecule has 0 aromatic heterocycles. The van der Waals surface area contributed by atoms with Gasteiger partial charge in [-0.05, 0) is 88.3 Å². The molecule has 0 aliphatic carbocycles. The average molecular weight is 965 g/mol. The first-order chi connectivity index (χ1) is 34.3. The zero-order chi connectivity index (χ0) is 50.4. The molecule has 0 spiro atoms. The van der Waals surface area contributed by atoms with Gasteiger partial charge >= 0.3 is 0 Å². The van der Waals surface area contributed by atoms with Gasteiger partial charge in [-0.25, -0.2) is 4.90 Å². The Morgan fingerprint density at radius 1 is 0.479 bits per heavy atom. The lowest BCUT2D eigenvalue weighted by atomic mass is 9.86. The molecule has 71 heavy (non-hydrogen) atoms. The molecule has 0 saturated carbocycles. The minimum Gasteiger partial charge on any atom is -0.492 e. The highest BCUT2D eigenvalue weighted by Crippen LogP contribution is 2.43. The molecule has 0 radical (unpaired) electrons. The first-order valence-corrected chi connectivity index (χ1v) is 25.1. The summed E-state index contributed by atoms with van der Waals surface area (Å²) in [5.74, 6) is -1.26. The van der Waals surface area contributed by atoms with Gasteiger partial charge in [0, 0.05) is 51.9 Å². The number of aryl methyl sites for hydroxylation is 1. The topological polar surface area (TPSA) is 148 Å². The number of hydrogen-bond donors (Lipinski definition) is 1. The van der Waals surface area contributed by atoms with Crippen molar-refractivity contribution in [1.29, 1.82) is 0 Å². The summed E-state index contributed by atoms with van der Waals surface area (Å²) in [6, 6.07) is 58.7. The van der Waals surface area contributed by atoms with E-state index in [4.69, 9.17) is 14.0 Å². The van der Waals surface area contributed by atoms with Crippen LogP contribution in [0.25, 0.3) is 21.9 Å². The average Bonchev–Trinajstić information content (AvgIpc) is 3.39. The predicted octanol–water partition coefficient (Wildman–Crippen LogP) is 11.8. The molecule has 0 atom stereocenters. The molecule has 11 nitrogen and oxygen atoms in total. The van der Waals surface area contributed by atoms with E-state index in [9.17, 15) is 27.6 Å². The minimum atomic E-state index is -3.67. The zero-order valence-electron chi connectivity index (χ0n) is 39.9. The number of ether oxygens (including phenoxy) is 2. The zero-order valence-corrected chi connectivity index (χ0v) is 40.7. The largest absolute Gasteiger partial charge is 0.492 e. The summed E-state index contributed by atoms with van der Waals surface area (Å²) in [5, 5.41) is 0.624. The molecular formula is C59H52N2O9S. The quantitative estimate of drug-likeness (QED) is 0.0933. The lowest BCUT2D eigenvalue weighted by Gasteiger charge is -2.31. The van der Waals surface area contributed by atoms with E-state index in [2.05, 4.69) is 48.5 Å². The van der Waals surface area contributed by atoms with Gasteiger partial charge in [0.05, 0.1) is 25.2 Å². The van der Waals surface area contributed by atoms with E-state index >= 15 is 0 Å². The van der Waals surface area contributed by atoms with E-state index in [1.165, 1.54) is 7.05 Å². The van der Waals surface area contributed by atoms with Gasteiger partial charge in [-0.3, -0.25) is 28.6 Å². The number of nitrogens with zero attached hydrogens (tertiary/aromatic N) is 2. The number of amides is 4. The fourth-order valence-corrected chi connectivity index (χ4v) is 9.00. The number of carbonyl (C=O) groups is 4. The van der Waals surface area contributed by atoms with Crippen LogP contribution in [0.4, 0.5) is 5.69 Å². The number of carbonyl (C=O) groups excluding carboxylic acids is 4. The molecular weight excluding hydrogens is 913 g/mol. The number of hydrogen-bond acceptors (Lipinski definition) is 8. The van der Waals surface area contributed by atoms with Crippen molar-refractivity contribution >= 4 is 50.2 Å². The molecule has 2 heterocycles. The van der Waals surface area contributed by atoms with Crippen molar-refractivity contribution in [3.63, 3.8) is 0 Å². The third kappa shape index (κ3) is 10.4. The molecule has 0 saturated heterocycles. The van der Waals surface area contributed by atoms with E-state index in [0.717, 1.165) is 54.5 Å². The Hall–Kier alpha value is -8.19. The van der Waals surface area contributed by atoms with Crippen molar-refractivity contribution in [3.8, 4) is 22.6 Å². The van der Waals surface area contributed by atoms with Crippen LogP contribution in [0.1, 0.15) is 94.9 Å². The van der Waals surface area contributed by atoms with Crippen LogP contribution in [-0.4, -0.2) is 68.0 Å². The van der Waals surface area contributed by atoms with Gasteiger partial charge in [0.1, 0.15) is 11.5 Å². The lowest BCUT2D eigenvalue weighted by molar-refractivity contribution is 0.0649. The van der Waals surface area contributed by atoms with Crippen molar-refractivity contribution < 1.29 is 41.6 Å². The Morgan fingerprint density at radius 3 is 1.18 bits per heavy atom. The Labute approximate surface area is 413 Å². The Morgan fingerprint density at radius 2 is 0.803 bits per heavy atom. The smallest absolute Gasteiger partial charge is 0.266 e. The van der Waals surface area contributed by atoms with Crippen LogP contribution < -0.4 is 14.4 Å². The van der Waals surface area contributed by atoms with Crippen LogP contribution in [0.3, 0.4) is 0 Å². The number of rotatable bonds is 12. The molecule has 0 bridgehead atoms. The van der Waals surface area contributed by atoms with Crippen molar-refractivity contribution in [2.24, 2.45) is 0 Å². The summed E-state index contributed by atoms with van der Waals surface area (Å²) < 4.78 is 39.4. The molecule has 0 unspecified atom stereocenters. The van der Waals surface area contributed by atoms with Gasteiger partial charge in [0.15, 0.2) is 0 Å². The minimum absolute atomic E-state index is 0.00541. The van der Waals surface area contributed by atoms with E-state index in [1.54, 1.807) is 30.3 Å². The van der Waals surface area contributed by atoms with Gasteiger partial charge in [0.2, 0.25) is 0 Å². The predicted molar refractivity (Wildman–Crippen MR) is 277 cm³/mol. The van der Waals surface area contributed by atoms with Gasteiger partial charge in [-0.2, -0.15) is 8.42 Å². The number of anilines is 1. The van der Waals surface area contributed by atoms with Crippen LogP contribution in [0.2, 0.25) is 0 Å². The third-order valence-corrected chi connectivity index (χ3v) is 12.4. The molecule has 8 aromatic carbocycles. The van der Waals surface area contributed by atoms with Crippen LogP contribution in [0.15, 0.2) is 182 Å². The molecule has 2 aliphatic heterocycles. The highest BCUT2D eigenvalue weighted by atomic mass is 32.2. The highest BCUT2D eigenvalue weighted by Gasteiger charge is 2.40. The summed E-state index contributed by atoms with van der Waals surface area (Å²) in [4.78, 5) is 58.1. The first-order valence-electron chi connectivity index (χ1n) is 23.2. The van der Waals surface area contributed by atoms with Crippen LogP contribution in [-0.2, 0) is 10.1 Å². The standard InChI is InChI=1S/C56H42N2O6.C2H6.CH4O3S/c1-35-23-24-40(31-49(35)63-33-46(36-15-7-3-8-16-36)37-17-9-4-10-18-37)41-25-30-48(50(32-41)64-34-47(38-19-11-5-12-20-38)39-21-13-6-14-22-39)58-55(61)44-28-26-42-51-43(54(60)57(2)53(42)59)27-29-45(52(44)51)56(58)62;1-2;1-5(2,3)4/h3-32,46-47H,33-34H2,1-2H3;1-2H3;1H3,(H,2,3,4). The van der Waals surface area contributed by atoms with Gasteiger partial charge in [-0.15, -0.1) is 0 Å². The second-order valence-electron chi connectivity index (χ2n) is 17.0. The van der Waals surface area contributed by atoms with E-state index in [-0.39, 0.29) is 46.4 Å². The summed E-state index contributed by atoms with van der Waals surface area (Å²) in [5.41, 5.74) is 8.26. The van der Waals surface area contributed by atoms with Crippen molar-refractivity contribution in [1.82, 2.24) is 4.90 Å². The molecule has 4 amide bonds. The van der Waals surface area contributed by atoms with Crippen LogP contribution in [0.5, 0.6) is 11.5 Å². The summed E-state index contributed by atoms with van der Waals surface area (Å²) in [7, 11) is -2.24. The molecule has 12 heteroatoms. The maximum Gasteiger partial charge on any atom is 0.266 e. The molecule has 0 fully saturated rings. The van der Waals surface area contributed by atoms with E-state index in [0.29, 0.717) is 29.4 Å². The molecule has 10 rings (SSSR count). The lowest BCUT2D eigenvalue weighted by Crippen LogP contribution is -2.42. The fourth-order valence-electron chi connectivity index (χ4n) is 9.00. The maximum absolute atomic E-state index is 14.7. The molecule has 2 aliphatic rings. The van der Waals surface area contributed by atoms with Gasteiger partial charge < -0.3 is 9.47 Å².